The van der Waals surface area contributed by atoms with Crippen LogP contribution in [0.5, 0.6) is 0 Å². The number of hydrogen-bond acceptors (Lipinski definition) is 4. The summed E-state index contributed by atoms with van der Waals surface area (Å²) in [4.78, 5) is 9.41. The van der Waals surface area contributed by atoms with E-state index in [-0.39, 0.29) is 5.69 Å². The minimum Gasteiger partial charge on any atom is -0.283 e. The molecule has 1 N–H and O–H groups in total. The van der Waals surface area contributed by atoms with E-state index in [1.54, 1.807) is 0 Å². The van der Waals surface area contributed by atoms with Gasteiger partial charge >= 0.3 is 6.18 Å². The topological polar surface area (TPSA) is 89.3 Å². The molecule has 1 aromatic rings. The molecule has 1 aromatic carbocycles. The van der Waals surface area contributed by atoms with Crippen molar-refractivity contribution in [3.05, 3.63) is 31.4 Å². The Morgan fingerprint density at radius 2 is 1.89 bits per heavy atom. The predicted octanol–water partition coefficient (Wildman–Crippen LogP) is 2.59. The van der Waals surface area contributed by atoms with Gasteiger partial charge in [-0.05, 0) is 28.7 Å². The zero-order valence-electron chi connectivity index (χ0n) is 9.16. The largest absolute Gasteiger partial charge is 0.424 e. The van der Waals surface area contributed by atoms with Crippen LogP contribution in [0.3, 0.4) is 0 Å². The third-order valence-corrected chi connectivity index (χ3v) is 3.61. The van der Waals surface area contributed by atoms with Crippen molar-refractivity contribution in [2.75, 3.05) is 11.0 Å². The van der Waals surface area contributed by atoms with Gasteiger partial charge in [-0.15, -0.1) is 0 Å². The molecule has 0 aliphatic rings. The standard InChI is InChI=1S/C8H6F3IN2O4S/c1-19(17,18)13-4-2-3-5(14(15)16)6(7(4)12)8(9,10)11/h2-3,13H,1H3. The van der Waals surface area contributed by atoms with Crippen LogP contribution in [0.1, 0.15) is 5.56 Å². The van der Waals surface area contributed by atoms with E-state index < -0.39 is 35.9 Å². The minimum absolute atomic E-state index is 0.360. The fraction of sp³-hybridized carbons (Fsp3) is 0.250. The van der Waals surface area contributed by atoms with Crippen LogP contribution in [0.2, 0.25) is 0 Å². The molecule has 6 nitrogen and oxygen atoms in total. The summed E-state index contributed by atoms with van der Waals surface area (Å²) in [5, 5.41) is 10.6. The summed E-state index contributed by atoms with van der Waals surface area (Å²) in [6.07, 6.45) is -4.20. The van der Waals surface area contributed by atoms with E-state index in [1.165, 1.54) is 22.6 Å². The SMILES string of the molecule is CS(=O)(=O)Nc1ccc([N+](=O)[O-])c(C(F)(F)F)c1I. The van der Waals surface area contributed by atoms with E-state index in [0.29, 0.717) is 6.07 Å². The lowest BCUT2D eigenvalue weighted by Gasteiger charge is -2.13. The Kier molecular flexibility index (Phi) is 4.29. The molecule has 0 amide bonds. The van der Waals surface area contributed by atoms with Crippen LogP contribution in [-0.2, 0) is 16.2 Å². The van der Waals surface area contributed by atoms with Crippen LogP contribution in [0.15, 0.2) is 12.1 Å². The number of anilines is 1. The highest BCUT2D eigenvalue weighted by atomic mass is 127. The number of sulfonamides is 1. The first-order valence-electron chi connectivity index (χ1n) is 4.45. The normalized spacial score (nSPS) is 12.3. The Balaban J connectivity index is 3.56. The summed E-state index contributed by atoms with van der Waals surface area (Å²) in [6, 6.07) is 1.52. The first kappa shape index (κ1) is 15.9. The van der Waals surface area contributed by atoms with Crippen molar-refractivity contribution >= 4 is 44.0 Å². The van der Waals surface area contributed by atoms with Crippen molar-refractivity contribution in [3.8, 4) is 0 Å². The number of rotatable bonds is 3. The number of halogens is 4. The third-order valence-electron chi connectivity index (χ3n) is 1.90. The lowest BCUT2D eigenvalue weighted by atomic mass is 10.1. The number of benzene rings is 1. The fourth-order valence-corrected chi connectivity index (χ4v) is 2.92. The van der Waals surface area contributed by atoms with Gasteiger partial charge in [0.15, 0.2) is 0 Å². The lowest BCUT2D eigenvalue weighted by Crippen LogP contribution is -2.16. The Morgan fingerprint density at radius 1 is 1.37 bits per heavy atom. The molecular weight excluding hydrogens is 404 g/mol. The van der Waals surface area contributed by atoms with E-state index in [2.05, 4.69) is 0 Å². The third kappa shape index (κ3) is 3.92. The van der Waals surface area contributed by atoms with Gasteiger partial charge in [0.25, 0.3) is 5.69 Å². The second-order valence-corrected chi connectivity index (χ2v) is 6.28. The van der Waals surface area contributed by atoms with Gasteiger partial charge in [-0.3, -0.25) is 14.8 Å². The molecule has 0 aliphatic heterocycles. The Hall–Kier alpha value is -1.11. The van der Waals surface area contributed by atoms with Crippen molar-refractivity contribution < 1.29 is 26.5 Å². The van der Waals surface area contributed by atoms with Crippen molar-refractivity contribution in [1.29, 1.82) is 0 Å². The average molecular weight is 410 g/mol. The molecule has 0 unspecified atom stereocenters. The van der Waals surface area contributed by atoms with Gasteiger partial charge < -0.3 is 0 Å². The van der Waals surface area contributed by atoms with Gasteiger partial charge in [0.1, 0.15) is 5.56 Å². The number of nitrogens with one attached hydrogen (secondary N) is 1. The van der Waals surface area contributed by atoms with Gasteiger partial charge in [0.2, 0.25) is 10.0 Å². The fourth-order valence-electron chi connectivity index (χ4n) is 1.27. The highest BCUT2D eigenvalue weighted by Crippen LogP contribution is 2.41. The monoisotopic (exact) mass is 410 g/mol. The van der Waals surface area contributed by atoms with Crippen LogP contribution in [0.25, 0.3) is 0 Å². The molecule has 0 aliphatic carbocycles. The maximum absolute atomic E-state index is 12.8. The second-order valence-electron chi connectivity index (χ2n) is 3.45. The molecule has 0 fully saturated rings. The summed E-state index contributed by atoms with van der Waals surface area (Å²) in [7, 11) is -3.79. The van der Waals surface area contributed by atoms with Crippen molar-refractivity contribution in [3.63, 3.8) is 0 Å². The highest BCUT2D eigenvalue weighted by molar-refractivity contribution is 14.1. The van der Waals surface area contributed by atoms with E-state index >= 15 is 0 Å². The lowest BCUT2D eigenvalue weighted by molar-refractivity contribution is -0.388. The number of alkyl halides is 3. The minimum atomic E-state index is -4.96. The van der Waals surface area contributed by atoms with Gasteiger partial charge in [-0.1, -0.05) is 0 Å². The number of nitro benzene ring substituents is 1. The van der Waals surface area contributed by atoms with Crippen molar-refractivity contribution in [2.24, 2.45) is 0 Å². The van der Waals surface area contributed by atoms with Crippen LogP contribution >= 0.6 is 22.6 Å². The first-order chi connectivity index (χ1) is 8.43. The van der Waals surface area contributed by atoms with E-state index in [4.69, 9.17) is 0 Å². The van der Waals surface area contributed by atoms with Crippen LogP contribution in [0.4, 0.5) is 24.5 Å². The Bertz CT molecular complexity index is 630. The summed E-state index contributed by atoms with van der Waals surface area (Å²) in [5.74, 6) is 0. The van der Waals surface area contributed by atoms with Gasteiger partial charge in [-0.2, -0.15) is 13.2 Å². The molecule has 0 saturated carbocycles. The van der Waals surface area contributed by atoms with E-state index in [0.717, 1.165) is 12.3 Å². The van der Waals surface area contributed by atoms with Crippen molar-refractivity contribution in [2.45, 2.75) is 6.18 Å². The molecule has 1 rings (SSSR count). The Morgan fingerprint density at radius 3 is 2.26 bits per heavy atom. The summed E-state index contributed by atoms with van der Waals surface area (Å²) >= 11 is 1.21. The van der Waals surface area contributed by atoms with Crippen LogP contribution in [-0.4, -0.2) is 19.6 Å². The Labute approximate surface area is 119 Å². The molecule has 0 heterocycles. The van der Waals surface area contributed by atoms with Gasteiger partial charge in [-0.25, -0.2) is 8.42 Å². The summed E-state index contributed by atoms with van der Waals surface area (Å²) in [6.45, 7) is 0. The zero-order valence-corrected chi connectivity index (χ0v) is 12.1. The smallest absolute Gasteiger partial charge is 0.283 e. The number of nitro groups is 1. The summed E-state index contributed by atoms with van der Waals surface area (Å²) < 4.78 is 61.7. The van der Waals surface area contributed by atoms with E-state index in [9.17, 15) is 31.7 Å². The van der Waals surface area contributed by atoms with Crippen molar-refractivity contribution in [1.82, 2.24) is 0 Å². The maximum Gasteiger partial charge on any atom is 0.424 e. The molecule has 19 heavy (non-hydrogen) atoms. The number of hydrogen-bond donors (Lipinski definition) is 1. The molecule has 0 radical (unpaired) electrons. The summed E-state index contributed by atoms with van der Waals surface area (Å²) in [5.41, 5.74) is -2.97. The van der Waals surface area contributed by atoms with Crippen LogP contribution < -0.4 is 4.72 Å². The van der Waals surface area contributed by atoms with Gasteiger partial charge in [0.05, 0.1) is 20.4 Å². The molecule has 106 valence electrons. The molecule has 0 spiro atoms. The number of nitrogens with zero attached hydrogens (tertiary/aromatic N) is 1. The predicted molar refractivity (Wildman–Crippen MR) is 69.3 cm³/mol. The van der Waals surface area contributed by atoms with E-state index in [1.807, 2.05) is 4.72 Å². The van der Waals surface area contributed by atoms with Gasteiger partial charge in [0, 0.05) is 6.07 Å². The molecule has 0 aromatic heterocycles. The second kappa shape index (κ2) is 5.11. The molecule has 0 bridgehead atoms. The molecule has 11 heteroatoms. The molecular formula is C8H6F3IN2O4S. The molecule has 0 atom stereocenters. The highest BCUT2D eigenvalue weighted by Gasteiger charge is 2.41. The zero-order chi connectivity index (χ0) is 15.0. The average Bonchev–Trinajstić information content (AvgIpc) is 2.16. The molecule has 0 saturated heterocycles. The van der Waals surface area contributed by atoms with Crippen LogP contribution in [0, 0.1) is 13.7 Å². The first-order valence-corrected chi connectivity index (χ1v) is 7.42. The quantitative estimate of drug-likeness (QED) is 0.472. The maximum atomic E-state index is 12.8.